The standard InChI is InChI=1S/C15H21NO4/c1-10(2)6-14(17)16-9-11-7-12(18-3)15(20-5)13(8-11)19-4/h6-8H,9H2,1-5H3,(H,16,17). The minimum absolute atomic E-state index is 0.126. The van der Waals surface area contributed by atoms with E-state index in [0.717, 1.165) is 11.1 Å². The number of ether oxygens (including phenoxy) is 3. The summed E-state index contributed by atoms with van der Waals surface area (Å²) in [4.78, 5) is 11.6. The lowest BCUT2D eigenvalue weighted by atomic mass is 10.1. The number of carbonyl (C=O) groups is 1. The summed E-state index contributed by atoms with van der Waals surface area (Å²) in [5.41, 5.74) is 1.82. The monoisotopic (exact) mass is 279 g/mol. The fourth-order valence-corrected chi connectivity index (χ4v) is 1.74. The molecular weight excluding hydrogens is 258 g/mol. The molecule has 0 bridgehead atoms. The van der Waals surface area contributed by atoms with Crippen molar-refractivity contribution in [1.29, 1.82) is 0 Å². The molecule has 110 valence electrons. The van der Waals surface area contributed by atoms with Gasteiger partial charge in [-0.05, 0) is 31.5 Å². The largest absolute Gasteiger partial charge is 0.493 e. The lowest BCUT2D eigenvalue weighted by molar-refractivity contribution is -0.116. The number of hydrogen-bond donors (Lipinski definition) is 1. The molecule has 20 heavy (non-hydrogen) atoms. The van der Waals surface area contributed by atoms with Gasteiger partial charge in [-0.25, -0.2) is 0 Å². The molecule has 0 spiro atoms. The Labute approximate surface area is 119 Å². The summed E-state index contributed by atoms with van der Waals surface area (Å²) in [7, 11) is 4.67. The predicted octanol–water partition coefficient (Wildman–Crippen LogP) is 2.29. The van der Waals surface area contributed by atoms with E-state index in [4.69, 9.17) is 14.2 Å². The predicted molar refractivity (Wildman–Crippen MR) is 77.4 cm³/mol. The second-order valence-corrected chi connectivity index (χ2v) is 4.47. The average molecular weight is 279 g/mol. The average Bonchev–Trinajstić information content (AvgIpc) is 2.42. The van der Waals surface area contributed by atoms with Crippen molar-refractivity contribution in [1.82, 2.24) is 5.32 Å². The Hall–Kier alpha value is -2.17. The molecule has 0 atom stereocenters. The van der Waals surface area contributed by atoms with Gasteiger partial charge in [0.2, 0.25) is 11.7 Å². The molecule has 0 saturated carbocycles. The van der Waals surface area contributed by atoms with Gasteiger partial charge in [0.05, 0.1) is 21.3 Å². The second-order valence-electron chi connectivity index (χ2n) is 4.47. The van der Waals surface area contributed by atoms with E-state index in [0.29, 0.717) is 23.8 Å². The minimum atomic E-state index is -0.126. The Morgan fingerprint density at radius 3 is 2.05 bits per heavy atom. The summed E-state index contributed by atoms with van der Waals surface area (Å²) in [5.74, 6) is 1.55. The Balaban J connectivity index is 2.91. The number of methoxy groups -OCH3 is 3. The maximum atomic E-state index is 11.6. The first kappa shape index (κ1) is 15.9. The van der Waals surface area contributed by atoms with Crippen LogP contribution in [0.3, 0.4) is 0 Å². The summed E-state index contributed by atoms with van der Waals surface area (Å²) in [6, 6.07) is 3.62. The fourth-order valence-electron chi connectivity index (χ4n) is 1.74. The van der Waals surface area contributed by atoms with Gasteiger partial charge in [-0.3, -0.25) is 4.79 Å². The molecule has 0 saturated heterocycles. The highest BCUT2D eigenvalue weighted by atomic mass is 16.5. The van der Waals surface area contributed by atoms with Gasteiger partial charge < -0.3 is 19.5 Å². The van der Waals surface area contributed by atoms with Crippen LogP contribution >= 0.6 is 0 Å². The normalized spacial score (nSPS) is 9.65. The SMILES string of the molecule is COc1cc(CNC(=O)C=C(C)C)cc(OC)c1OC. The molecule has 5 heteroatoms. The number of benzene rings is 1. The first-order valence-electron chi connectivity index (χ1n) is 6.23. The van der Waals surface area contributed by atoms with Crippen LogP contribution < -0.4 is 19.5 Å². The van der Waals surface area contributed by atoms with E-state index in [1.165, 1.54) is 0 Å². The van der Waals surface area contributed by atoms with E-state index in [1.807, 2.05) is 26.0 Å². The van der Waals surface area contributed by atoms with Gasteiger partial charge in [-0.1, -0.05) is 5.57 Å². The quantitative estimate of drug-likeness (QED) is 0.812. The molecule has 5 nitrogen and oxygen atoms in total. The van der Waals surface area contributed by atoms with Crippen LogP contribution in [0, 0.1) is 0 Å². The van der Waals surface area contributed by atoms with Crippen LogP contribution in [0.15, 0.2) is 23.8 Å². The maximum Gasteiger partial charge on any atom is 0.244 e. The molecule has 1 aromatic rings. The molecule has 0 aliphatic heterocycles. The summed E-state index contributed by atoms with van der Waals surface area (Å²) in [6.07, 6.45) is 1.55. The van der Waals surface area contributed by atoms with Crippen molar-refractivity contribution in [2.24, 2.45) is 0 Å². The van der Waals surface area contributed by atoms with Crippen LogP contribution in [0.4, 0.5) is 0 Å². The Morgan fingerprint density at radius 1 is 1.10 bits per heavy atom. The first-order chi connectivity index (χ1) is 9.51. The highest BCUT2D eigenvalue weighted by molar-refractivity contribution is 5.88. The van der Waals surface area contributed by atoms with Crippen LogP contribution in [0.1, 0.15) is 19.4 Å². The molecule has 1 amide bonds. The van der Waals surface area contributed by atoms with Crippen molar-refractivity contribution < 1.29 is 19.0 Å². The van der Waals surface area contributed by atoms with Crippen LogP contribution in [0.25, 0.3) is 0 Å². The number of rotatable bonds is 6. The van der Waals surface area contributed by atoms with E-state index in [9.17, 15) is 4.79 Å². The van der Waals surface area contributed by atoms with Crippen molar-refractivity contribution in [3.8, 4) is 17.2 Å². The van der Waals surface area contributed by atoms with E-state index >= 15 is 0 Å². The van der Waals surface area contributed by atoms with Crippen molar-refractivity contribution in [2.75, 3.05) is 21.3 Å². The summed E-state index contributed by atoms with van der Waals surface area (Å²) in [5, 5.41) is 2.80. The molecule has 0 fully saturated rings. The van der Waals surface area contributed by atoms with Gasteiger partial charge in [-0.2, -0.15) is 0 Å². The highest BCUT2D eigenvalue weighted by Gasteiger charge is 2.13. The number of amides is 1. The van der Waals surface area contributed by atoms with E-state index in [1.54, 1.807) is 27.4 Å². The summed E-state index contributed by atoms with van der Waals surface area (Å²) >= 11 is 0. The van der Waals surface area contributed by atoms with Gasteiger partial charge in [0, 0.05) is 12.6 Å². The Kier molecular flexibility index (Phi) is 5.90. The Morgan fingerprint density at radius 2 is 1.65 bits per heavy atom. The number of hydrogen-bond acceptors (Lipinski definition) is 4. The third kappa shape index (κ3) is 4.19. The molecule has 1 rings (SSSR count). The van der Waals surface area contributed by atoms with Gasteiger partial charge in [0.25, 0.3) is 0 Å². The zero-order valence-electron chi connectivity index (χ0n) is 12.6. The summed E-state index contributed by atoms with van der Waals surface area (Å²) in [6.45, 7) is 4.14. The number of nitrogens with one attached hydrogen (secondary N) is 1. The van der Waals surface area contributed by atoms with Crippen LogP contribution in [-0.4, -0.2) is 27.2 Å². The number of carbonyl (C=O) groups excluding carboxylic acids is 1. The fraction of sp³-hybridized carbons (Fsp3) is 0.400. The highest BCUT2D eigenvalue weighted by Crippen LogP contribution is 2.38. The van der Waals surface area contributed by atoms with Crippen molar-refractivity contribution in [3.05, 3.63) is 29.3 Å². The molecule has 0 aliphatic carbocycles. The van der Waals surface area contributed by atoms with E-state index < -0.39 is 0 Å². The van der Waals surface area contributed by atoms with Crippen molar-refractivity contribution in [2.45, 2.75) is 20.4 Å². The van der Waals surface area contributed by atoms with E-state index in [2.05, 4.69) is 5.32 Å². The lowest BCUT2D eigenvalue weighted by Gasteiger charge is -2.14. The zero-order chi connectivity index (χ0) is 15.1. The van der Waals surface area contributed by atoms with Gasteiger partial charge >= 0.3 is 0 Å². The molecular formula is C15H21NO4. The van der Waals surface area contributed by atoms with Gasteiger partial charge in [-0.15, -0.1) is 0 Å². The zero-order valence-corrected chi connectivity index (χ0v) is 12.6. The molecule has 0 radical (unpaired) electrons. The van der Waals surface area contributed by atoms with Crippen LogP contribution in [0.5, 0.6) is 17.2 Å². The number of allylic oxidation sites excluding steroid dienone is 1. The third-order valence-electron chi connectivity index (χ3n) is 2.61. The Bertz CT molecular complexity index is 480. The molecule has 1 N–H and O–H groups in total. The molecule has 0 aliphatic rings. The molecule has 0 aromatic heterocycles. The van der Waals surface area contributed by atoms with Crippen molar-refractivity contribution >= 4 is 5.91 Å². The lowest BCUT2D eigenvalue weighted by Crippen LogP contribution is -2.20. The molecule has 0 unspecified atom stereocenters. The third-order valence-corrected chi connectivity index (χ3v) is 2.61. The molecule has 0 heterocycles. The van der Waals surface area contributed by atoms with Crippen LogP contribution in [0.2, 0.25) is 0 Å². The maximum absolute atomic E-state index is 11.6. The minimum Gasteiger partial charge on any atom is -0.493 e. The van der Waals surface area contributed by atoms with E-state index in [-0.39, 0.29) is 5.91 Å². The molecule has 1 aromatic carbocycles. The second kappa shape index (κ2) is 7.43. The van der Waals surface area contributed by atoms with Gasteiger partial charge in [0.1, 0.15) is 0 Å². The van der Waals surface area contributed by atoms with Crippen LogP contribution in [-0.2, 0) is 11.3 Å². The smallest absolute Gasteiger partial charge is 0.244 e. The van der Waals surface area contributed by atoms with Gasteiger partial charge in [0.15, 0.2) is 11.5 Å². The first-order valence-corrected chi connectivity index (χ1v) is 6.23. The topological polar surface area (TPSA) is 56.8 Å². The summed E-state index contributed by atoms with van der Waals surface area (Å²) < 4.78 is 15.8. The van der Waals surface area contributed by atoms with Crippen molar-refractivity contribution in [3.63, 3.8) is 0 Å².